The van der Waals surface area contributed by atoms with Gasteiger partial charge >= 0.3 is 0 Å². The van der Waals surface area contributed by atoms with E-state index in [1.165, 1.54) is 0 Å². The molecule has 2 rings (SSSR count). The molecule has 0 atom stereocenters. The molecule has 0 radical (unpaired) electrons. The molecule has 0 bridgehead atoms. The normalized spacial score (nSPS) is 9.90. The van der Waals surface area contributed by atoms with E-state index in [1.807, 2.05) is 31.3 Å². The standard InChI is InChI=1S/C15H18N6/c1-2-18-15-19-9-6-14(20-15)21(10-4-7-16)12-13-5-3-8-17-11-13/h3,5-6,8-9,11H,2,4,10,12H2,1H3,(H,18,19,20). The van der Waals surface area contributed by atoms with Crippen LogP contribution >= 0.6 is 0 Å². The monoisotopic (exact) mass is 282 g/mol. The summed E-state index contributed by atoms with van der Waals surface area (Å²) in [5.41, 5.74) is 1.08. The van der Waals surface area contributed by atoms with Crippen molar-refractivity contribution in [2.45, 2.75) is 19.9 Å². The summed E-state index contributed by atoms with van der Waals surface area (Å²) in [4.78, 5) is 14.8. The fourth-order valence-corrected chi connectivity index (χ4v) is 1.94. The van der Waals surface area contributed by atoms with E-state index in [0.717, 1.165) is 17.9 Å². The molecule has 0 spiro atoms. The Morgan fingerprint density at radius 2 is 2.24 bits per heavy atom. The van der Waals surface area contributed by atoms with Crippen LogP contribution in [0.4, 0.5) is 11.8 Å². The number of hydrogen-bond donors (Lipinski definition) is 1. The van der Waals surface area contributed by atoms with Crippen molar-refractivity contribution in [2.24, 2.45) is 0 Å². The average molecular weight is 282 g/mol. The lowest BCUT2D eigenvalue weighted by Gasteiger charge is -2.22. The topological polar surface area (TPSA) is 77.7 Å². The molecule has 108 valence electrons. The van der Waals surface area contributed by atoms with E-state index in [1.54, 1.807) is 12.4 Å². The molecule has 0 aromatic carbocycles. The summed E-state index contributed by atoms with van der Waals surface area (Å²) >= 11 is 0. The summed E-state index contributed by atoms with van der Waals surface area (Å²) < 4.78 is 0. The molecule has 2 heterocycles. The Morgan fingerprint density at radius 3 is 2.95 bits per heavy atom. The lowest BCUT2D eigenvalue weighted by atomic mass is 10.2. The van der Waals surface area contributed by atoms with Crippen LogP contribution in [0.25, 0.3) is 0 Å². The predicted molar refractivity (Wildman–Crippen MR) is 81.7 cm³/mol. The summed E-state index contributed by atoms with van der Waals surface area (Å²) in [6, 6.07) is 7.95. The molecule has 0 aliphatic heterocycles. The minimum atomic E-state index is 0.445. The van der Waals surface area contributed by atoms with Crippen molar-refractivity contribution in [3.05, 3.63) is 42.4 Å². The second kappa shape index (κ2) is 7.80. The number of nitrogens with zero attached hydrogens (tertiary/aromatic N) is 5. The number of hydrogen-bond acceptors (Lipinski definition) is 6. The molecule has 0 saturated heterocycles. The van der Waals surface area contributed by atoms with E-state index in [-0.39, 0.29) is 0 Å². The second-order valence-corrected chi connectivity index (χ2v) is 4.46. The molecule has 2 aromatic rings. The Bertz CT molecular complexity index is 593. The third kappa shape index (κ3) is 4.42. The van der Waals surface area contributed by atoms with Crippen LogP contribution in [0.2, 0.25) is 0 Å². The number of nitriles is 1. The van der Waals surface area contributed by atoms with Crippen molar-refractivity contribution in [3.63, 3.8) is 0 Å². The van der Waals surface area contributed by atoms with E-state index in [0.29, 0.717) is 25.5 Å². The van der Waals surface area contributed by atoms with Crippen molar-refractivity contribution >= 4 is 11.8 Å². The minimum absolute atomic E-state index is 0.445. The van der Waals surface area contributed by atoms with Crippen molar-refractivity contribution in [1.29, 1.82) is 5.26 Å². The lowest BCUT2D eigenvalue weighted by Crippen LogP contribution is -2.25. The summed E-state index contributed by atoms with van der Waals surface area (Å²) in [6.45, 7) is 4.05. The van der Waals surface area contributed by atoms with Gasteiger partial charge in [-0.15, -0.1) is 0 Å². The highest BCUT2D eigenvalue weighted by Gasteiger charge is 2.10. The first-order valence-electron chi connectivity index (χ1n) is 6.91. The van der Waals surface area contributed by atoms with Gasteiger partial charge in [0.15, 0.2) is 0 Å². The third-order valence-corrected chi connectivity index (χ3v) is 2.89. The van der Waals surface area contributed by atoms with Crippen LogP contribution in [0, 0.1) is 11.3 Å². The number of rotatable bonds is 7. The first-order valence-corrected chi connectivity index (χ1v) is 6.91. The summed E-state index contributed by atoms with van der Waals surface area (Å²) in [5.74, 6) is 1.41. The fraction of sp³-hybridized carbons (Fsp3) is 0.333. The number of pyridine rings is 1. The molecular weight excluding hydrogens is 264 g/mol. The molecule has 21 heavy (non-hydrogen) atoms. The average Bonchev–Trinajstić information content (AvgIpc) is 2.53. The van der Waals surface area contributed by atoms with Gasteiger partial charge < -0.3 is 10.2 Å². The molecular formula is C15H18N6. The molecule has 0 saturated carbocycles. The molecule has 0 unspecified atom stereocenters. The first-order chi connectivity index (χ1) is 10.3. The number of aromatic nitrogens is 3. The first kappa shape index (κ1) is 14.7. The summed E-state index contributed by atoms with van der Waals surface area (Å²) in [6.07, 6.45) is 5.74. The zero-order chi connectivity index (χ0) is 14.9. The zero-order valence-electron chi connectivity index (χ0n) is 12.0. The molecule has 1 N–H and O–H groups in total. The summed E-state index contributed by atoms with van der Waals surface area (Å²) in [7, 11) is 0. The zero-order valence-corrected chi connectivity index (χ0v) is 12.0. The van der Waals surface area contributed by atoms with E-state index < -0.39 is 0 Å². The third-order valence-electron chi connectivity index (χ3n) is 2.89. The Balaban J connectivity index is 2.19. The molecule has 2 aromatic heterocycles. The molecule has 0 aliphatic rings. The van der Waals surface area contributed by atoms with Crippen LogP contribution in [-0.2, 0) is 6.54 Å². The van der Waals surface area contributed by atoms with Crippen LogP contribution in [0.3, 0.4) is 0 Å². The Kier molecular flexibility index (Phi) is 5.47. The second-order valence-electron chi connectivity index (χ2n) is 4.46. The largest absolute Gasteiger partial charge is 0.354 e. The van der Waals surface area contributed by atoms with Gasteiger partial charge in [-0.1, -0.05) is 6.07 Å². The number of nitrogens with one attached hydrogen (secondary N) is 1. The lowest BCUT2D eigenvalue weighted by molar-refractivity contribution is 0.778. The van der Waals surface area contributed by atoms with Crippen LogP contribution in [0.1, 0.15) is 18.9 Å². The maximum atomic E-state index is 8.83. The smallest absolute Gasteiger partial charge is 0.224 e. The predicted octanol–water partition coefficient (Wildman–Crippen LogP) is 2.22. The Hall–Kier alpha value is -2.68. The Labute approximate surface area is 124 Å². The maximum absolute atomic E-state index is 8.83. The van der Waals surface area contributed by atoms with Gasteiger partial charge in [0.25, 0.3) is 0 Å². The molecule has 6 heteroatoms. The van der Waals surface area contributed by atoms with Gasteiger partial charge in [-0.2, -0.15) is 10.2 Å². The van der Waals surface area contributed by atoms with Crippen molar-refractivity contribution in [2.75, 3.05) is 23.3 Å². The highest BCUT2D eigenvalue weighted by molar-refractivity contribution is 5.43. The highest BCUT2D eigenvalue weighted by Crippen LogP contribution is 2.15. The van der Waals surface area contributed by atoms with E-state index in [2.05, 4.69) is 31.2 Å². The SMILES string of the molecule is CCNc1nccc(N(CCC#N)Cc2cccnc2)n1. The van der Waals surface area contributed by atoms with Gasteiger partial charge in [-0.3, -0.25) is 4.98 Å². The quantitative estimate of drug-likeness (QED) is 0.839. The van der Waals surface area contributed by atoms with Crippen LogP contribution in [-0.4, -0.2) is 28.0 Å². The number of anilines is 2. The summed E-state index contributed by atoms with van der Waals surface area (Å²) in [5, 5.41) is 11.9. The fourth-order valence-electron chi connectivity index (χ4n) is 1.94. The molecule has 0 aliphatic carbocycles. The van der Waals surface area contributed by atoms with E-state index in [4.69, 9.17) is 5.26 Å². The highest BCUT2D eigenvalue weighted by atomic mass is 15.2. The van der Waals surface area contributed by atoms with Gasteiger partial charge in [0.2, 0.25) is 5.95 Å². The van der Waals surface area contributed by atoms with Gasteiger partial charge in [0, 0.05) is 38.2 Å². The molecule has 0 amide bonds. The molecule has 6 nitrogen and oxygen atoms in total. The minimum Gasteiger partial charge on any atom is -0.354 e. The van der Waals surface area contributed by atoms with Crippen molar-refractivity contribution in [3.8, 4) is 6.07 Å². The van der Waals surface area contributed by atoms with Gasteiger partial charge in [-0.05, 0) is 24.6 Å². The van der Waals surface area contributed by atoms with Crippen molar-refractivity contribution in [1.82, 2.24) is 15.0 Å². The van der Waals surface area contributed by atoms with Crippen molar-refractivity contribution < 1.29 is 0 Å². The van der Waals surface area contributed by atoms with Gasteiger partial charge in [0.1, 0.15) is 5.82 Å². The Morgan fingerprint density at radius 1 is 1.33 bits per heavy atom. The van der Waals surface area contributed by atoms with E-state index in [9.17, 15) is 0 Å². The maximum Gasteiger partial charge on any atom is 0.224 e. The van der Waals surface area contributed by atoms with Crippen LogP contribution in [0.5, 0.6) is 0 Å². The van der Waals surface area contributed by atoms with E-state index >= 15 is 0 Å². The van der Waals surface area contributed by atoms with Crippen LogP contribution < -0.4 is 10.2 Å². The van der Waals surface area contributed by atoms with Crippen LogP contribution in [0.15, 0.2) is 36.8 Å². The van der Waals surface area contributed by atoms with Gasteiger partial charge in [0.05, 0.1) is 12.5 Å². The molecule has 0 fully saturated rings. The van der Waals surface area contributed by atoms with Gasteiger partial charge in [-0.25, -0.2) is 4.98 Å².